The summed E-state index contributed by atoms with van der Waals surface area (Å²) in [7, 11) is -7.80. The van der Waals surface area contributed by atoms with Crippen LogP contribution in [0.5, 0.6) is 0 Å². The van der Waals surface area contributed by atoms with Crippen LogP contribution in [0.4, 0.5) is 0 Å². The molecule has 10 heteroatoms. The molecule has 31 heavy (non-hydrogen) atoms. The second-order valence-corrected chi connectivity index (χ2v) is 11.5. The summed E-state index contributed by atoms with van der Waals surface area (Å²) in [5.74, 6) is -0.343. The zero-order valence-electron chi connectivity index (χ0n) is 17.0. The summed E-state index contributed by atoms with van der Waals surface area (Å²) < 4.78 is 55.3. The number of carbonyl (C=O) groups is 1. The van der Waals surface area contributed by atoms with E-state index in [1.165, 1.54) is 32.9 Å². The van der Waals surface area contributed by atoms with Crippen molar-refractivity contribution in [3.05, 3.63) is 60.7 Å². The Morgan fingerprint density at radius 1 is 0.710 bits per heavy atom. The maximum atomic E-state index is 13.3. The lowest BCUT2D eigenvalue weighted by Gasteiger charge is -2.40. The standard InChI is InChI=1S/C21H25N3O5S2/c25-21(22-13-7-8-14-22)20-17-23(30(26,27)18-9-3-1-4-10-18)15-16-24(20)31(28,29)19-11-5-2-6-12-19/h1-6,9-12,20H,7-8,13-17H2/t20-/m0/s1. The fourth-order valence-electron chi connectivity index (χ4n) is 4.07. The predicted molar refractivity (Wildman–Crippen MR) is 115 cm³/mol. The summed E-state index contributed by atoms with van der Waals surface area (Å²) >= 11 is 0. The Bertz CT molecular complexity index is 1130. The molecule has 1 amide bonds. The van der Waals surface area contributed by atoms with Crippen molar-refractivity contribution in [3.8, 4) is 0 Å². The third kappa shape index (κ3) is 4.25. The quantitative estimate of drug-likeness (QED) is 0.668. The summed E-state index contributed by atoms with van der Waals surface area (Å²) in [5, 5.41) is 0. The van der Waals surface area contributed by atoms with E-state index in [9.17, 15) is 21.6 Å². The molecule has 0 spiro atoms. The number of amides is 1. The Kier molecular flexibility index (Phi) is 6.16. The van der Waals surface area contributed by atoms with Gasteiger partial charge in [-0.1, -0.05) is 36.4 Å². The number of hydrogen-bond acceptors (Lipinski definition) is 5. The minimum absolute atomic E-state index is 0.0208. The number of benzene rings is 2. The molecule has 0 radical (unpaired) electrons. The van der Waals surface area contributed by atoms with Crippen LogP contribution in [0.25, 0.3) is 0 Å². The Morgan fingerprint density at radius 2 is 1.23 bits per heavy atom. The highest BCUT2D eigenvalue weighted by molar-refractivity contribution is 7.89. The summed E-state index contributed by atoms with van der Waals surface area (Å²) in [6.45, 7) is 0.791. The molecule has 8 nitrogen and oxygen atoms in total. The molecular formula is C21H25N3O5S2. The van der Waals surface area contributed by atoms with Crippen molar-refractivity contribution in [3.63, 3.8) is 0 Å². The molecular weight excluding hydrogens is 438 g/mol. The molecule has 2 aromatic rings. The van der Waals surface area contributed by atoms with Crippen molar-refractivity contribution in [2.75, 3.05) is 32.7 Å². The monoisotopic (exact) mass is 463 g/mol. The van der Waals surface area contributed by atoms with Crippen molar-refractivity contribution < 1.29 is 21.6 Å². The third-order valence-corrected chi connectivity index (χ3v) is 9.53. The van der Waals surface area contributed by atoms with Crippen LogP contribution in [-0.2, 0) is 24.8 Å². The van der Waals surface area contributed by atoms with E-state index in [0.717, 1.165) is 12.8 Å². The van der Waals surface area contributed by atoms with Crippen LogP contribution < -0.4 is 0 Å². The molecule has 4 rings (SSSR count). The van der Waals surface area contributed by atoms with Crippen LogP contribution in [0.15, 0.2) is 70.5 Å². The first kappa shape index (κ1) is 21.9. The SMILES string of the molecule is O=C([C@@H]1CN(S(=O)(=O)c2ccccc2)CCN1S(=O)(=O)c1ccccc1)N1CCCC1. The number of likely N-dealkylation sites (tertiary alicyclic amines) is 1. The van der Waals surface area contributed by atoms with Crippen molar-refractivity contribution in [1.82, 2.24) is 13.5 Å². The lowest BCUT2D eigenvalue weighted by molar-refractivity contribution is -0.135. The van der Waals surface area contributed by atoms with E-state index in [-0.39, 0.29) is 35.3 Å². The lowest BCUT2D eigenvalue weighted by Crippen LogP contribution is -2.61. The molecule has 166 valence electrons. The van der Waals surface area contributed by atoms with Crippen molar-refractivity contribution in [1.29, 1.82) is 0 Å². The molecule has 2 aliphatic rings. The van der Waals surface area contributed by atoms with E-state index >= 15 is 0 Å². The lowest BCUT2D eigenvalue weighted by atomic mass is 10.2. The highest BCUT2D eigenvalue weighted by atomic mass is 32.2. The summed E-state index contributed by atoms with van der Waals surface area (Å²) in [6.07, 6.45) is 1.71. The van der Waals surface area contributed by atoms with Gasteiger partial charge in [-0.05, 0) is 37.1 Å². The fraction of sp³-hybridized carbons (Fsp3) is 0.381. The van der Waals surface area contributed by atoms with Crippen LogP contribution in [0, 0.1) is 0 Å². The summed E-state index contributed by atoms with van der Waals surface area (Å²) in [5.41, 5.74) is 0. The van der Waals surface area contributed by atoms with Gasteiger partial charge in [0, 0.05) is 32.7 Å². The van der Waals surface area contributed by atoms with Gasteiger partial charge >= 0.3 is 0 Å². The van der Waals surface area contributed by atoms with Gasteiger partial charge < -0.3 is 4.90 Å². The smallest absolute Gasteiger partial charge is 0.243 e. The molecule has 0 aromatic heterocycles. The molecule has 2 aliphatic heterocycles. The van der Waals surface area contributed by atoms with E-state index in [1.54, 1.807) is 41.3 Å². The predicted octanol–water partition coefficient (Wildman–Crippen LogP) is 1.37. The Labute approximate surface area is 183 Å². The largest absolute Gasteiger partial charge is 0.341 e. The zero-order chi connectivity index (χ0) is 22.1. The minimum atomic E-state index is -3.95. The first-order valence-electron chi connectivity index (χ1n) is 10.2. The average Bonchev–Trinajstić information content (AvgIpc) is 3.34. The van der Waals surface area contributed by atoms with Gasteiger partial charge in [0.25, 0.3) is 0 Å². The average molecular weight is 464 g/mol. The molecule has 0 N–H and O–H groups in total. The van der Waals surface area contributed by atoms with E-state index in [0.29, 0.717) is 13.1 Å². The van der Waals surface area contributed by atoms with E-state index in [2.05, 4.69) is 0 Å². The van der Waals surface area contributed by atoms with Crippen LogP contribution >= 0.6 is 0 Å². The third-order valence-electron chi connectivity index (χ3n) is 5.73. The molecule has 0 unspecified atom stereocenters. The maximum absolute atomic E-state index is 13.3. The molecule has 0 saturated carbocycles. The Hall–Kier alpha value is -2.27. The van der Waals surface area contributed by atoms with Crippen molar-refractivity contribution >= 4 is 26.0 Å². The van der Waals surface area contributed by atoms with Crippen molar-refractivity contribution in [2.45, 2.75) is 28.7 Å². The van der Waals surface area contributed by atoms with E-state index in [1.807, 2.05) is 0 Å². The van der Waals surface area contributed by atoms with Gasteiger partial charge in [0.2, 0.25) is 26.0 Å². The number of piperazine rings is 1. The first-order chi connectivity index (χ1) is 14.8. The zero-order valence-corrected chi connectivity index (χ0v) is 18.6. The normalized spacial score (nSPS) is 21.3. The van der Waals surface area contributed by atoms with Gasteiger partial charge in [-0.3, -0.25) is 4.79 Å². The number of sulfonamides is 2. The van der Waals surface area contributed by atoms with Gasteiger partial charge in [0.05, 0.1) is 9.79 Å². The highest BCUT2D eigenvalue weighted by Crippen LogP contribution is 2.27. The Morgan fingerprint density at radius 3 is 1.77 bits per heavy atom. The van der Waals surface area contributed by atoms with Crippen LogP contribution in [0.3, 0.4) is 0 Å². The molecule has 2 saturated heterocycles. The van der Waals surface area contributed by atoms with Crippen LogP contribution in [-0.4, -0.2) is 75.0 Å². The van der Waals surface area contributed by atoms with E-state index in [4.69, 9.17) is 0 Å². The number of nitrogens with zero attached hydrogens (tertiary/aromatic N) is 3. The second kappa shape index (κ2) is 8.70. The maximum Gasteiger partial charge on any atom is 0.243 e. The van der Waals surface area contributed by atoms with Crippen molar-refractivity contribution in [2.24, 2.45) is 0 Å². The number of hydrogen-bond donors (Lipinski definition) is 0. The number of rotatable bonds is 5. The van der Waals surface area contributed by atoms with Gasteiger partial charge in [-0.25, -0.2) is 16.8 Å². The van der Waals surface area contributed by atoms with E-state index < -0.39 is 26.1 Å². The van der Waals surface area contributed by atoms with Crippen LogP contribution in [0.2, 0.25) is 0 Å². The second-order valence-electron chi connectivity index (χ2n) is 7.65. The fourth-order valence-corrected chi connectivity index (χ4v) is 7.11. The molecule has 0 aliphatic carbocycles. The van der Waals surface area contributed by atoms with Gasteiger partial charge in [0.15, 0.2) is 0 Å². The van der Waals surface area contributed by atoms with Gasteiger partial charge in [-0.2, -0.15) is 8.61 Å². The Balaban J connectivity index is 1.68. The minimum Gasteiger partial charge on any atom is -0.341 e. The van der Waals surface area contributed by atoms with Gasteiger partial charge in [0.1, 0.15) is 6.04 Å². The molecule has 0 bridgehead atoms. The van der Waals surface area contributed by atoms with Crippen LogP contribution in [0.1, 0.15) is 12.8 Å². The molecule has 2 heterocycles. The topological polar surface area (TPSA) is 95.1 Å². The van der Waals surface area contributed by atoms with Gasteiger partial charge in [-0.15, -0.1) is 0 Å². The first-order valence-corrected chi connectivity index (χ1v) is 13.1. The molecule has 2 aromatic carbocycles. The summed E-state index contributed by atoms with van der Waals surface area (Å²) in [4.78, 5) is 15.1. The molecule has 1 atom stereocenters. The molecule has 2 fully saturated rings. The number of carbonyl (C=O) groups excluding carboxylic acids is 1. The summed E-state index contributed by atoms with van der Waals surface area (Å²) in [6, 6.07) is 14.8. The highest BCUT2D eigenvalue weighted by Gasteiger charge is 2.44.